The molecule has 0 saturated carbocycles. The van der Waals surface area contributed by atoms with E-state index in [4.69, 9.17) is 0 Å². The van der Waals surface area contributed by atoms with E-state index in [0.29, 0.717) is 6.54 Å². The molecule has 1 N–H and O–H groups in total. The molecule has 0 aliphatic rings. The summed E-state index contributed by atoms with van der Waals surface area (Å²) in [5, 5.41) is 7.51. The zero-order chi connectivity index (χ0) is 13.8. The second-order valence-corrected chi connectivity index (χ2v) is 4.75. The van der Waals surface area contributed by atoms with E-state index < -0.39 is 0 Å². The van der Waals surface area contributed by atoms with Gasteiger partial charge in [0.15, 0.2) is 0 Å². The highest BCUT2D eigenvalue weighted by Gasteiger charge is 2.11. The Morgan fingerprint density at radius 1 is 1.26 bits per heavy atom. The molecule has 2 rings (SSSR count). The van der Waals surface area contributed by atoms with E-state index in [2.05, 4.69) is 35.5 Å². The predicted molar refractivity (Wildman–Crippen MR) is 76.2 cm³/mol. The van der Waals surface area contributed by atoms with Gasteiger partial charge in [-0.05, 0) is 32.5 Å². The first-order valence-corrected chi connectivity index (χ1v) is 6.39. The molecule has 0 fully saturated rings. The van der Waals surface area contributed by atoms with Crippen LogP contribution in [0.3, 0.4) is 0 Å². The molecule has 0 aliphatic carbocycles. The SMILES string of the molecule is CNC(Cn1nc(C)ccc1=O)c1cccc(C)c1. The number of rotatable bonds is 4. The Bertz CT molecular complexity index is 619. The van der Waals surface area contributed by atoms with Crippen LogP contribution in [0, 0.1) is 13.8 Å². The van der Waals surface area contributed by atoms with Crippen molar-refractivity contribution in [1.29, 1.82) is 0 Å². The number of nitrogens with zero attached hydrogens (tertiary/aromatic N) is 2. The molecule has 0 radical (unpaired) electrons. The molecule has 1 aromatic heterocycles. The summed E-state index contributed by atoms with van der Waals surface area (Å²) >= 11 is 0. The lowest BCUT2D eigenvalue weighted by atomic mass is 10.0. The molecule has 1 atom stereocenters. The summed E-state index contributed by atoms with van der Waals surface area (Å²) in [6.07, 6.45) is 0. The average molecular weight is 257 g/mol. The van der Waals surface area contributed by atoms with Gasteiger partial charge in [-0.2, -0.15) is 5.10 Å². The normalized spacial score (nSPS) is 12.4. The molecule has 19 heavy (non-hydrogen) atoms. The number of aromatic nitrogens is 2. The van der Waals surface area contributed by atoms with Gasteiger partial charge in [-0.3, -0.25) is 4.79 Å². The Hall–Kier alpha value is -1.94. The Labute approximate surface area is 113 Å². The van der Waals surface area contributed by atoms with Crippen LogP contribution in [0.4, 0.5) is 0 Å². The topological polar surface area (TPSA) is 46.9 Å². The van der Waals surface area contributed by atoms with Crippen LogP contribution in [0.15, 0.2) is 41.2 Å². The second-order valence-electron chi connectivity index (χ2n) is 4.75. The van der Waals surface area contributed by atoms with Gasteiger partial charge in [0.25, 0.3) is 5.56 Å². The number of nitrogens with one attached hydrogen (secondary N) is 1. The summed E-state index contributed by atoms with van der Waals surface area (Å²) < 4.78 is 1.51. The molecule has 1 heterocycles. The molecule has 4 heteroatoms. The molecular weight excluding hydrogens is 238 g/mol. The van der Waals surface area contributed by atoms with Gasteiger partial charge in [0.05, 0.1) is 18.3 Å². The third-order valence-corrected chi connectivity index (χ3v) is 3.15. The van der Waals surface area contributed by atoms with E-state index in [1.165, 1.54) is 10.2 Å². The lowest BCUT2D eigenvalue weighted by Gasteiger charge is -2.18. The smallest absolute Gasteiger partial charge is 0.266 e. The standard InChI is InChI=1S/C15H19N3O/c1-11-5-4-6-13(9-11)14(16-3)10-18-15(19)8-7-12(2)17-18/h4-9,14,16H,10H2,1-3H3. The monoisotopic (exact) mass is 257 g/mol. The van der Waals surface area contributed by atoms with Crippen molar-refractivity contribution in [2.24, 2.45) is 0 Å². The molecule has 4 nitrogen and oxygen atoms in total. The lowest BCUT2D eigenvalue weighted by Crippen LogP contribution is -2.30. The molecule has 1 unspecified atom stereocenters. The zero-order valence-electron chi connectivity index (χ0n) is 11.6. The maximum absolute atomic E-state index is 11.8. The largest absolute Gasteiger partial charge is 0.311 e. The summed E-state index contributed by atoms with van der Waals surface area (Å²) in [6.45, 7) is 4.48. The van der Waals surface area contributed by atoms with Crippen LogP contribution in [0.1, 0.15) is 22.9 Å². The van der Waals surface area contributed by atoms with E-state index in [0.717, 1.165) is 11.3 Å². The molecule has 0 saturated heterocycles. The number of benzene rings is 1. The highest BCUT2D eigenvalue weighted by Crippen LogP contribution is 2.15. The summed E-state index contributed by atoms with van der Waals surface area (Å²) in [5.74, 6) is 0. The molecule has 1 aromatic carbocycles. The van der Waals surface area contributed by atoms with Crippen LogP contribution >= 0.6 is 0 Å². The minimum atomic E-state index is -0.0708. The predicted octanol–water partition coefficient (Wildman–Crippen LogP) is 1.82. The molecule has 0 aliphatic heterocycles. The second kappa shape index (κ2) is 5.80. The van der Waals surface area contributed by atoms with Gasteiger partial charge < -0.3 is 5.32 Å². The zero-order valence-corrected chi connectivity index (χ0v) is 11.6. The third-order valence-electron chi connectivity index (χ3n) is 3.15. The van der Waals surface area contributed by atoms with Crippen molar-refractivity contribution in [2.45, 2.75) is 26.4 Å². The van der Waals surface area contributed by atoms with E-state index in [9.17, 15) is 4.79 Å². The van der Waals surface area contributed by atoms with Crippen molar-refractivity contribution >= 4 is 0 Å². The van der Waals surface area contributed by atoms with Gasteiger partial charge in [0, 0.05) is 6.07 Å². The van der Waals surface area contributed by atoms with Gasteiger partial charge in [-0.15, -0.1) is 0 Å². The highest BCUT2D eigenvalue weighted by atomic mass is 16.1. The third kappa shape index (κ3) is 3.29. The van der Waals surface area contributed by atoms with E-state index in [1.807, 2.05) is 20.0 Å². The van der Waals surface area contributed by atoms with Crippen LogP contribution < -0.4 is 10.9 Å². The minimum absolute atomic E-state index is 0.0708. The molecule has 0 amide bonds. The maximum atomic E-state index is 11.8. The Morgan fingerprint density at radius 3 is 2.74 bits per heavy atom. The maximum Gasteiger partial charge on any atom is 0.266 e. The summed E-state index contributed by atoms with van der Waals surface area (Å²) in [4.78, 5) is 11.8. The van der Waals surface area contributed by atoms with Gasteiger partial charge in [-0.1, -0.05) is 29.8 Å². The van der Waals surface area contributed by atoms with Crippen LogP contribution in [-0.2, 0) is 6.54 Å². The minimum Gasteiger partial charge on any atom is -0.311 e. The average Bonchev–Trinajstić information content (AvgIpc) is 2.39. The quantitative estimate of drug-likeness (QED) is 0.909. The molecular formula is C15H19N3O. The Balaban J connectivity index is 2.29. The van der Waals surface area contributed by atoms with Crippen molar-refractivity contribution in [3.8, 4) is 0 Å². The fourth-order valence-corrected chi connectivity index (χ4v) is 2.10. The van der Waals surface area contributed by atoms with Crippen LogP contribution in [0.25, 0.3) is 0 Å². The number of likely N-dealkylation sites (N-methyl/N-ethyl adjacent to an activating group) is 1. The highest BCUT2D eigenvalue weighted by molar-refractivity contribution is 5.25. The van der Waals surface area contributed by atoms with E-state index in [-0.39, 0.29) is 11.6 Å². The van der Waals surface area contributed by atoms with Crippen LogP contribution in [-0.4, -0.2) is 16.8 Å². The first-order chi connectivity index (χ1) is 9.10. The van der Waals surface area contributed by atoms with Gasteiger partial charge in [0.2, 0.25) is 0 Å². The van der Waals surface area contributed by atoms with Gasteiger partial charge in [-0.25, -0.2) is 4.68 Å². The van der Waals surface area contributed by atoms with Crippen molar-refractivity contribution in [2.75, 3.05) is 7.05 Å². The van der Waals surface area contributed by atoms with Crippen molar-refractivity contribution in [3.63, 3.8) is 0 Å². The molecule has 100 valence electrons. The summed E-state index contributed by atoms with van der Waals surface area (Å²) in [6, 6.07) is 11.7. The fraction of sp³-hybridized carbons (Fsp3) is 0.333. The van der Waals surface area contributed by atoms with E-state index in [1.54, 1.807) is 12.1 Å². The van der Waals surface area contributed by atoms with Crippen molar-refractivity contribution in [3.05, 3.63) is 63.6 Å². The molecule has 0 spiro atoms. The first-order valence-electron chi connectivity index (χ1n) is 6.39. The van der Waals surface area contributed by atoms with Crippen molar-refractivity contribution in [1.82, 2.24) is 15.1 Å². The number of hydrogen-bond donors (Lipinski definition) is 1. The van der Waals surface area contributed by atoms with Crippen LogP contribution in [0.2, 0.25) is 0 Å². The Morgan fingerprint density at radius 2 is 2.05 bits per heavy atom. The Kier molecular flexibility index (Phi) is 4.12. The van der Waals surface area contributed by atoms with Gasteiger partial charge >= 0.3 is 0 Å². The fourth-order valence-electron chi connectivity index (χ4n) is 2.10. The van der Waals surface area contributed by atoms with E-state index >= 15 is 0 Å². The number of aryl methyl sites for hydroxylation is 2. The summed E-state index contributed by atoms with van der Waals surface area (Å²) in [7, 11) is 1.90. The first kappa shape index (κ1) is 13.5. The number of hydrogen-bond acceptors (Lipinski definition) is 3. The molecule has 2 aromatic rings. The van der Waals surface area contributed by atoms with Crippen LogP contribution in [0.5, 0.6) is 0 Å². The van der Waals surface area contributed by atoms with Crippen molar-refractivity contribution < 1.29 is 0 Å². The summed E-state index contributed by atoms with van der Waals surface area (Å²) in [5.41, 5.74) is 3.15. The van der Waals surface area contributed by atoms with Gasteiger partial charge in [0.1, 0.15) is 0 Å². The lowest BCUT2D eigenvalue weighted by molar-refractivity contribution is 0.449. The molecule has 0 bridgehead atoms.